The van der Waals surface area contributed by atoms with Crippen LogP contribution in [0, 0.1) is 18.8 Å². The highest BCUT2D eigenvalue weighted by atomic mass is 16.2. The van der Waals surface area contributed by atoms with Gasteiger partial charge in [0.1, 0.15) is 0 Å². The molecule has 2 rings (SSSR count). The third-order valence-corrected chi connectivity index (χ3v) is 4.59. The van der Waals surface area contributed by atoms with Gasteiger partial charge in [0.15, 0.2) is 0 Å². The summed E-state index contributed by atoms with van der Waals surface area (Å²) < 4.78 is 0. The molecule has 1 aliphatic rings. The quantitative estimate of drug-likeness (QED) is 0.867. The smallest absolute Gasteiger partial charge is 0.317 e. The van der Waals surface area contributed by atoms with E-state index in [0.29, 0.717) is 19.5 Å². The summed E-state index contributed by atoms with van der Waals surface area (Å²) in [6, 6.07) is 3.69. The minimum Gasteiger partial charge on any atom is -0.370 e. The number of hydrogen-bond acceptors (Lipinski definition) is 3. The molecule has 0 spiro atoms. The molecular weight excluding hydrogens is 304 g/mol. The molecule has 0 aliphatic carbocycles. The molecular formula is C18H28N4O2. The van der Waals surface area contributed by atoms with Crippen LogP contribution in [0.2, 0.25) is 0 Å². The number of piperidine rings is 1. The van der Waals surface area contributed by atoms with Gasteiger partial charge < -0.3 is 16.0 Å². The number of pyridine rings is 1. The first-order valence-corrected chi connectivity index (χ1v) is 8.63. The van der Waals surface area contributed by atoms with E-state index in [-0.39, 0.29) is 29.8 Å². The molecule has 0 aromatic carbocycles. The highest BCUT2D eigenvalue weighted by Crippen LogP contribution is 2.24. The minimum atomic E-state index is -0.300. The van der Waals surface area contributed by atoms with E-state index >= 15 is 0 Å². The van der Waals surface area contributed by atoms with E-state index in [4.69, 9.17) is 5.73 Å². The van der Waals surface area contributed by atoms with Gasteiger partial charge in [-0.3, -0.25) is 9.78 Å². The average molecular weight is 332 g/mol. The molecule has 132 valence electrons. The number of aryl methyl sites for hydroxylation is 1. The van der Waals surface area contributed by atoms with Crippen molar-refractivity contribution in [2.75, 3.05) is 13.1 Å². The van der Waals surface area contributed by atoms with E-state index in [0.717, 1.165) is 24.1 Å². The molecule has 1 aliphatic heterocycles. The maximum absolute atomic E-state index is 12.7. The molecule has 1 aromatic rings. The standard InChI is InChI=1S/C18H28N4O2/c1-12(2)16(17-13(3)6-4-8-20-17)21-18(24)22-9-5-7-14(11-22)10-15(19)23/h4,6,8,12,14,16H,5,7,9-11H2,1-3H3,(H2,19,23)(H,21,24)/t14-,16-/m1/s1. The van der Waals surface area contributed by atoms with E-state index in [1.807, 2.05) is 19.1 Å². The normalized spacial score (nSPS) is 19.2. The molecule has 0 saturated carbocycles. The van der Waals surface area contributed by atoms with Crippen LogP contribution < -0.4 is 11.1 Å². The van der Waals surface area contributed by atoms with Crippen molar-refractivity contribution in [2.24, 2.45) is 17.6 Å². The highest BCUT2D eigenvalue weighted by molar-refractivity contribution is 5.76. The van der Waals surface area contributed by atoms with Crippen molar-refractivity contribution in [3.63, 3.8) is 0 Å². The van der Waals surface area contributed by atoms with Crippen LogP contribution in [0.15, 0.2) is 18.3 Å². The molecule has 6 nitrogen and oxygen atoms in total. The van der Waals surface area contributed by atoms with E-state index in [2.05, 4.69) is 24.1 Å². The van der Waals surface area contributed by atoms with Crippen molar-refractivity contribution in [1.29, 1.82) is 0 Å². The van der Waals surface area contributed by atoms with Crippen molar-refractivity contribution in [3.8, 4) is 0 Å². The Morgan fingerprint density at radius 3 is 2.83 bits per heavy atom. The van der Waals surface area contributed by atoms with E-state index in [9.17, 15) is 9.59 Å². The predicted molar refractivity (Wildman–Crippen MR) is 93.2 cm³/mol. The first kappa shape index (κ1) is 18.2. The lowest BCUT2D eigenvalue weighted by molar-refractivity contribution is -0.119. The van der Waals surface area contributed by atoms with Crippen LogP contribution in [0.1, 0.15) is 50.4 Å². The fraction of sp³-hybridized carbons (Fsp3) is 0.611. The van der Waals surface area contributed by atoms with Gasteiger partial charge in [-0.2, -0.15) is 0 Å². The van der Waals surface area contributed by atoms with Crippen LogP contribution in [0.5, 0.6) is 0 Å². The largest absolute Gasteiger partial charge is 0.370 e. The number of likely N-dealkylation sites (tertiary alicyclic amines) is 1. The Kier molecular flexibility index (Phi) is 6.17. The van der Waals surface area contributed by atoms with Crippen LogP contribution >= 0.6 is 0 Å². The molecule has 2 heterocycles. The van der Waals surface area contributed by atoms with Gasteiger partial charge in [0.05, 0.1) is 11.7 Å². The lowest BCUT2D eigenvalue weighted by Crippen LogP contribution is -2.48. The minimum absolute atomic E-state index is 0.0899. The Bertz CT molecular complexity index is 588. The molecule has 3 amide bonds. The molecule has 1 aromatic heterocycles. The van der Waals surface area contributed by atoms with Crippen LogP contribution in [0.4, 0.5) is 4.79 Å². The summed E-state index contributed by atoms with van der Waals surface area (Å²) in [4.78, 5) is 30.1. The second kappa shape index (κ2) is 8.13. The monoisotopic (exact) mass is 332 g/mol. The molecule has 6 heteroatoms. The number of amides is 3. The van der Waals surface area contributed by atoms with Gasteiger partial charge in [-0.15, -0.1) is 0 Å². The van der Waals surface area contributed by atoms with Crippen molar-refractivity contribution in [1.82, 2.24) is 15.2 Å². The van der Waals surface area contributed by atoms with E-state index in [1.54, 1.807) is 11.1 Å². The number of aromatic nitrogens is 1. The second-order valence-electron chi connectivity index (χ2n) is 7.00. The Hall–Kier alpha value is -2.11. The van der Waals surface area contributed by atoms with Gasteiger partial charge in [-0.25, -0.2) is 4.79 Å². The van der Waals surface area contributed by atoms with Crippen molar-refractivity contribution in [3.05, 3.63) is 29.6 Å². The Labute approximate surface area is 143 Å². The zero-order valence-electron chi connectivity index (χ0n) is 14.8. The first-order valence-electron chi connectivity index (χ1n) is 8.63. The summed E-state index contributed by atoms with van der Waals surface area (Å²) >= 11 is 0. The lowest BCUT2D eigenvalue weighted by Gasteiger charge is -2.34. The van der Waals surface area contributed by atoms with Crippen molar-refractivity contribution < 1.29 is 9.59 Å². The molecule has 0 unspecified atom stereocenters. The van der Waals surface area contributed by atoms with Gasteiger partial charge in [0.25, 0.3) is 0 Å². The summed E-state index contributed by atoms with van der Waals surface area (Å²) in [6.45, 7) is 7.46. The van der Waals surface area contributed by atoms with Crippen LogP contribution in [0.3, 0.4) is 0 Å². The number of carbonyl (C=O) groups is 2. The molecule has 0 bridgehead atoms. The summed E-state index contributed by atoms with van der Waals surface area (Å²) in [5.74, 6) is 0.0938. The maximum Gasteiger partial charge on any atom is 0.317 e. The number of nitrogens with one attached hydrogen (secondary N) is 1. The highest BCUT2D eigenvalue weighted by Gasteiger charge is 2.28. The predicted octanol–water partition coefficient (Wildman–Crippen LogP) is 2.38. The van der Waals surface area contributed by atoms with Crippen LogP contribution in [-0.2, 0) is 4.79 Å². The number of urea groups is 1. The fourth-order valence-corrected chi connectivity index (χ4v) is 3.30. The third kappa shape index (κ3) is 4.69. The van der Waals surface area contributed by atoms with Gasteiger partial charge >= 0.3 is 6.03 Å². The number of rotatable bonds is 5. The topological polar surface area (TPSA) is 88.3 Å². The Morgan fingerprint density at radius 2 is 2.21 bits per heavy atom. The number of nitrogens with two attached hydrogens (primary N) is 1. The van der Waals surface area contributed by atoms with Crippen LogP contribution in [-0.4, -0.2) is 34.9 Å². The zero-order valence-corrected chi connectivity index (χ0v) is 14.8. The lowest BCUT2D eigenvalue weighted by atomic mass is 9.94. The molecule has 2 atom stereocenters. The third-order valence-electron chi connectivity index (χ3n) is 4.59. The van der Waals surface area contributed by atoms with Crippen molar-refractivity contribution in [2.45, 2.75) is 46.1 Å². The second-order valence-corrected chi connectivity index (χ2v) is 7.00. The molecule has 3 N–H and O–H groups in total. The van der Waals surface area contributed by atoms with Crippen LogP contribution in [0.25, 0.3) is 0 Å². The number of hydrogen-bond donors (Lipinski definition) is 2. The summed E-state index contributed by atoms with van der Waals surface area (Å²) in [5.41, 5.74) is 7.27. The maximum atomic E-state index is 12.7. The molecule has 24 heavy (non-hydrogen) atoms. The number of nitrogens with zero attached hydrogens (tertiary/aromatic N) is 2. The average Bonchev–Trinajstić information content (AvgIpc) is 2.52. The van der Waals surface area contributed by atoms with Gasteiger partial charge in [-0.1, -0.05) is 19.9 Å². The van der Waals surface area contributed by atoms with Gasteiger partial charge in [-0.05, 0) is 43.2 Å². The zero-order chi connectivity index (χ0) is 17.7. The van der Waals surface area contributed by atoms with Gasteiger partial charge in [0, 0.05) is 25.7 Å². The van der Waals surface area contributed by atoms with E-state index in [1.165, 1.54) is 0 Å². The van der Waals surface area contributed by atoms with Crippen molar-refractivity contribution >= 4 is 11.9 Å². The first-order chi connectivity index (χ1) is 11.4. The number of primary amides is 1. The molecule has 0 radical (unpaired) electrons. The fourth-order valence-electron chi connectivity index (χ4n) is 3.30. The Morgan fingerprint density at radius 1 is 1.46 bits per heavy atom. The summed E-state index contributed by atoms with van der Waals surface area (Å²) in [6.07, 6.45) is 3.95. The molecule has 1 fully saturated rings. The number of carbonyl (C=O) groups excluding carboxylic acids is 2. The summed E-state index contributed by atoms with van der Waals surface area (Å²) in [7, 11) is 0. The molecule has 1 saturated heterocycles. The van der Waals surface area contributed by atoms with Gasteiger partial charge in [0.2, 0.25) is 5.91 Å². The summed E-state index contributed by atoms with van der Waals surface area (Å²) in [5, 5.41) is 3.13. The van der Waals surface area contributed by atoms with E-state index < -0.39 is 0 Å². The SMILES string of the molecule is Cc1cccnc1[C@H](NC(=O)N1CCC[C@H](CC(N)=O)C1)C(C)C. The Balaban J connectivity index is 2.05.